The number of halogens is 1. The van der Waals surface area contributed by atoms with Crippen molar-refractivity contribution in [2.24, 2.45) is 10.1 Å². The summed E-state index contributed by atoms with van der Waals surface area (Å²) in [6.45, 7) is 4.65. The van der Waals surface area contributed by atoms with Crippen molar-refractivity contribution >= 4 is 37.6 Å². The molecule has 1 heterocycles. The van der Waals surface area contributed by atoms with Crippen LogP contribution in [-0.4, -0.2) is 52.4 Å². The Hall–Kier alpha value is -1.32. The van der Waals surface area contributed by atoms with Crippen LogP contribution in [0.15, 0.2) is 33.7 Å². The second kappa shape index (κ2) is 8.68. The number of nitrogens with two attached hydrogens (primary N) is 1. The Balaban J connectivity index is 1.94. The van der Waals surface area contributed by atoms with Crippen LogP contribution in [0.25, 0.3) is 0 Å². The molecule has 1 aromatic rings. The summed E-state index contributed by atoms with van der Waals surface area (Å²) in [6, 6.07) is 8.41. The number of nitrogens with zero attached hydrogens (tertiary/aromatic N) is 2. The summed E-state index contributed by atoms with van der Waals surface area (Å²) >= 11 is 3.59. The van der Waals surface area contributed by atoms with Gasteiger partial charge in [-0.15, -0.1) is 0 Å². The number of benzene rings is 1. The quantitative estimate of drug-likeness (QED) is 0.470. The van der Waals surface area contributed by atoms with E-state index in [0.717, 1.165) is 24.0 Å². The van der Waals surface area contributed by atoms with Crippen molar-refractivity contribution in [2.45, 2.75) is 19.4 Å². The van der Waals surface area contributed by atoms with Crippen LogP contribution >= 0.6 is 15.9 Å². The maximum atomic E-state index is 11.0. The van der Waals surface area contributed by atoms with Crippen LogP contribution in [0.5, 0.6) is 0 Å². The standard InChI is InChI=1S/C15H24BrN5O2S/c1-2-18-15(19-8-10-24(17,22)23)20-12-7-9-21(11-12)14-6-4-3-5-13(14)16/h3-6,12H,2,7-11H2,1H3,(H2,17,22,23)(H2,18,19,20). The number of sulfonamides is 1. The van der Waals surface area contributed by atoms with Crippen LogP contribution in [0, 0.1) is 0 Å². The number of primary sulfonamides is 1. The summed E-state index contributed by atoms with van der Waals surface area (Å²) in [5.41, 5.74) is 1.18. The van der Waals surface area contributed by atoms with Gasteiger partial charge >= 0.3 is 0 Å². The Morgan fingerprint density at radius 1 is 1.46 bits per heavy atom. The average molecular weight is 418 g/mol. The fraction of sp³-hybridized carbons (Fsp3) is 0.533. The van der Waals surface area contributed by atoms with Gasteiger partial charge in [0.2, 0.25) is 10.0 Å². The minimum absolute atomic E-state index is 0.148. The molecule has 2 rings (SSSR count). The molecule has 1 fully saturated rings. The largest absolute Gasteiger partial charge is 0.368 e. The molecule has 9 heteroatoms. The Morgan fingerprint density at radius 2 is 2.21 bits per heavy atom. The molecule has 0 radical (unpaired) electrons. The van der Waals surface area contributed by atoms with E-state index in [1.165, 1.54) is 5.69 Å². The molecule has 7 nitrogen and oxygen atoms in total. The summed E-state index contributed by atoms with van der Waals surface area (Å²) in [5, 5.41) is 11.5. The molecule has 134 valence electrons. The number of guanidine groups is 1. The van der Waals surface area contributed by atoms with Gasteiger partial charge in [-0.1, -0.05) is 12.1 Å². The molecular formula is C15H24BrN5O2S. The molecule has 0 saturated carbocycles. The predicted molar refractivity (Wildman–Crippen MR) is 102 cm³/mol. The van der Waals surface area contributed by atoms with Crippen molar-refractivity contribution in [1.29, 1.82) is 0 Å². The second-order valence-corrected chi connectivity index (χ2v) is 8.24. The fourth-order valence-electron chi connectivity index (χ4n) is 2.60. The number of rotatable bonds is 6. The molecule has 1 aromatic carbocycles. The predicted octanol–water partition coefficient (Wildman–Crippen LogP) is 0.871. The van der Waals surface area contributed by atoms with E-state index in [1.807, 2.05) is 25.1 Å². The van der Waals surface area contributed by atoms with Gasteiger partial charge in [0.25, 0.3) is 0 Å². The zero-order valence-corrected chi connectivity index (χ0v) is 16.1. The fourth-order valence-corrected chi connectivity index (χ4v) is 3.48. The van der Waals surface area contributed by atoms with E-state index in [-0.39, 0.29) is 18.3 Å². The monoisotopic (exact) mass is 417 g/mol. The number of hydrogen-bond acceptors (Lipinski definition) is 4. The minimum Gasteiger partial charge on any atom is -0.368 e. The van der Waals surface area contributed by atoms with Gasteiger partial charge in [-0.05, 0) is 41.4 Å². The highest BCUT2D eigenvalue weighted by Crippen LogP contribution is 2.28. The van der Waals surface area contributed by atoms with E-state index in [4.69, 9.17) is 5.14 Å². The zero-order chi connectivity index (χ0) is 17.6. The Kier molecular flexibility index (Phi) is 6.88. The van der Waals surface area contributed by atoms with Gasteiger partial charge in [0.05, 0.1) is 18.0 Å². The first-order valence-corrected chi connectivity index (χ1v) is 10.4. The van der Waals surface area contributed by atoms with Gasteiger partial charge < -0.3 is 15.5 Å². The summed E-state index contributed by atoms with van der Waals surface area (Å²) in [7, 11) is -3.49. The molecule has 1 aliphatic rings. The van der Waals surface area contributed by atoms with Crippen molar-refractivity contribution in [3.63, 3.8) is 0 Å². The molecule has 1 aliphatic heterocycles. The van der Waals surface area contributed by atoms with E-state index in [2.05, 4.69) is 42.5 Å². The van der Waals surface area contributed by atoms with Gasteiger partial charge in [0, 0.05) is 30.1 Å². The topological polar surface area (TPSA) is 99.8 Å². The molecule has 0 bridgehead atoms. The van der Waals surface area contributed by atoms with Gasteiger partial charge in [-0.3, -0.25) is 4.99 Å². The van der Waals surface area contributed by atoms with Gasteiger partial charge in [0.1, 0.15) is 0 Å². The number of para-hydroxylation sites is 1. The maximum absolute atomic E-state index is 11.0. The Morgan fingerprint density at radius 3 is 2.88 bits per heavy atom. The van der Waals surface area contributed by atoms with Crippen LogP contribution < -0.4 is 20.7 Å². The van der Waals surface area contributed by atoms with Crippen molar-refractivity contribution in [1.82, 2.24) is 10.6 Å². The highest BCUT2D eigenvalue weighted by Gasteiger charge is 2.24. The zero-order valence-electron chi connectivity index (χ0n) is 13.7. The Bertz CT molecular complexity index is 680. The van der Waals surface area contributed by atoms with Gasteiger partial charge in [0.15, 0.2) is 5.96 Å². The summed E-state index contributed by atoms with van der Waals surface area (Å²) in [6.07, 6.45) is 0.987. The maximum Gasteiger partial charge on any atom is 0.210 e. The molecule has 1 unspecified atom stereocenters. The van der Waals surface area contributed by atoms with E-state index >= 15 is 0 Å². The molecule has 24 heavy (non-hydrogen) atoms. The SMILES string of the molecule is CCNC(=NCCS(N)(=O)=O)NC1CCN(c2ccccc2Br)C1. The molecule has 1 saturated heterocycles. The van der Waals surface area contributed by atoms with E-state index < -0.39 is 10.0 Å². The summed E-state index contributed by atoms with van der Waals surface area (Å²) in [4.78, 5) is 6.60. The molecule has 0 aromatic heterocycles. The van der Waals surface area contributed by atoms with Gasteiger partial charge in [-0.2, -0.15) is 0 Å². The van der Waals surface area contributed by atoms with Gasteiger partial charge in [-0.25, -0.2) is 13.6 Å². The lowest BCUT2D eigenvalue weighted by Crippen LogP contribution is -2.45. The lowest BCUT2D eigenvalue weighted by Gasteiger charge is -2.21. The number of aliphatic imine (C=N–C) groups is 1. The first-order chi connectivity index (χ1) is 11.4. The smallest absolute Gasteiger partial charge is 0.210 e. The van der Waals surface area contributed by atoms with E-state index in [9.17, 15) is 8.42 Å². The lowest BCUT2D eigenvalue weighted by molar-refractivity contribution is 0.597. The third-order valence-corrected chi connectivity index (χ3v) is 5.13. The lowest BCUT2D eigenvalue weighted by atomic mass is 10.3. The van der Waals surface area contributed by atoms with Crippen molar-refractivity contribution in [2.75, 3.05) is 36.8 Å². The van der Waals surface area contributed by atoms with Crippen molar-refractivity contribution in [3.8, 4) is 0 Å². The number of anilines is 1. The molecule has 1 atom stereocenters. The number of hydrogen-bond donors (Lipinski definition) is 3. The van der Waals surface area contributed by atoms with Crippen LogP contribution in [-0.2, 0) is 10.0 Å². The summed E-state index contributed by atoms with van der Waals surface area (Å²) in [5.74, 6) is 0.470. The highest BCUT2D eigenvalue weighted by atomic mass is 79.9. The third kappa shape index (κ3) is 5.95. The van der Waals surface area contributed by atoms with Crippen LogP contribution in [0.4, 0.5) is 5.69 Å². The summed E-state index contributed by atoms with van der Waals surface area (Å²) < 4.78 is 23.1. The van der Waals surface area contributed by atoms with E-state index in [1.54, 1.807) is 0 Å². The van der Waals surface area contributed by atoms with Crippen molar-refractivity contribution < 1.29 is 8.42 Å². The van der Waals surface area contributed by atoms with Crippen LogP contribution in [0.1, 0.15) is 13.3 Å². The third-order valence-electron chi connectivity index (χ3n) is 3.71. The molecule has 0 amide bonds. The molecular weight excluding hydrogens is 394 g/mol. The normalized spacial score (nSPS) is 18.7. The first kappa shape index (κ1) is 19.0. The first-order valence-electron chi connectivity index (χ1n) is 7.94. The minimum atomic E-state index is -3.49. The second-order valence-electron chi connectivity index (χ2n) is 5.66. The Labute approximate surface area is 151 Å². The van der Waals surface area contributed by atoms with Crippen LogP contribution in [0.3, 0.4) is 0 Å². The average Bonchev–Trinajstić information content (AvgIpc) is 2.95. The van der Waals surface area contributed by atoms with E-state index in [0.29, 0.717) is 12.5 Å². The highest BCUT2D eigenvalue weighted by molar-refractivity contribution is 9.10. The van der Waals surface area contributed by atoms with Crippen molar-refractivity contribution in [3.05, 3.63) is 28.7 Å². The molecule has 0 spiro atoms. The van der Waals surface area contributed by atoms with Crippen LogP contribution in [0.2, 0.25) is 0 Å². The molecule has 4 N–H and O–H groups in total. The number of nitrogens with one attached hydrogen (secondary N) is 2. The molecule has 0 aliphatic carbocycles.